The van der Waals surface area contributed by atoms with Crippen molar-refractivity contribution >= 4 is 37.5 Å². The number of benzene rings is 1. The van der Waals surface area contributed by atoms with Crippen LogP contribution in [0.2, 0.25) is 0 Å². The van der Waals surface area contributed by atoms with Gasteiger partial charge in [0.1, 0.15) is 0 Å². The third-order valence-corrected chi connectivity index (χ3v) is 2.85. The Labute approximate surface area is 118 Å². The molecule has 4 nitrogen and oxygen atoms in total. The second-order valence-corrected chi connectivity index (χ2v) is 6.12. The molecule has 0 bridgehead atoms. The fraction of sp³-hybridized carbons (Fsp3) is 0.250. The average Bonchev–Trinajstić information content (AvgIpc) is 2.28. The molecule has 0 radical (unpaired) electrons. The Hall–Kier alpha value is -0.970. The Morgan fingerprint density at radius 3 is 2.21 bits per heavy atom. The van der Waals surface area contributed by atoms with Crippen LogP contribution in [0.25, 0.3) is 0 Å². The van der Waals surface area contributed by atoms with Gasteiger partial charge in [0.2, 0.25) is 17.4 Å². The lowest BCUT2D eigenvalue weighted by Gasteiger charge is -2.19. The number of nitro benzene ring substituents is 1. The van der Waals surface area contributed by atoms with Gasteiger partial charge in [-0.15, -0.1) is 0 Å². The monoisotopic (exact) mass is 413 g/mol. The van der Waals surface area contributed by atoms with E-state index in [1.165, 1.54) is 0 Å². The maximum atomic E-state index is 13.3. The molecule has 1 aromatic rings. The summed E-state index contributed by atoms with van der Waals surface area (Å²) in [5, 5.41) is 10.3. The van der Waals surface area contributed by atoms with Crippen molar-refractivity contribution in [2.75, 3.05) is 0 Å². The minimum atomic E-state index is -4.12. The molecule has 0 aliphatic rings. The van der Waals surface area contributed by atoms with Crippen LogP contribution in [-0.4, -0.2) is 14.8 Å². The lowest BCUT2D eigenvalue weighted by atomic mass is 10.2. The molecule has 0 aliphatic carbocycles. The second-order valence-electron chi connectivity index (χ2n) is 3.06. The summed E-state index contributed by atoms with van der Waals surface area (Å²) in [7, 11) is 0. The van der Waals surface area contributed by atoms with Gasteiger partial charge in [0.05, 0.1) is 11.0 Å². The third kappa shape index (κ3) is 3.32. The van der Waals surface area contributed by atoms with Gasteiger partial charge in [0.25, 0.3) is 0 Å². The van der Waals surface area contributed by atoms with Gasteiger partial charge in [0, 0.05) is 0 Å². The van der Waals surface area contributed by atoms with Gasteiger partial charge in [-0.2, -0.15) is 17.6 Å². The molecule has 0 unspecified atom stereocenters. The second kappa shape index (κ2) is 5.57. The summed E-state index contributed by atoms with van der Waals surface area (Å²) in [6.07, 6.45) is -4.12. The minimum Gasteiger partial charge on any atom is -0.425 e. The molecule has 0 fully saturated rings. The number of halogens is 7. The molecular weight excluding hydrogens is 413 g/mol. The lowest BCUT2D eigenvalue weighted by molar-refractivity contribution is -0.388. The topological polar surface area (TPSA) is 52.4 Å². The van der Waals surface area contributed by atoms with Crippen molar-refractivity contribution in [3.05, 3.63) is 33.6 Å². The van der Waals surface area contributed by atoms with E-state index in [1.807, 2.05) is 0 Å². The Morgan fingerprint density at radius 2 is 1.79 bits per heavy atom. The highest BCUT2D eigenvalue weighted by molar-refractivity contribution is 9.24. The molecule has 0 spiro atoms. The van der Waals surface area contributed by atoms with E-state index in [4.69, 9.17) is 0 Å². The van der Waals surface area contributed by atoms with Gasteiger partial charge in [-0.1, -0.05) is 31.9 Å². The maximum Gasteiger partial charge on any atom is 0.420 e. The largest absolute Gasteiger partial charge is 0.425 e. The number of hydrogen-bond donors (Lipinski definition) is 0. The molecular formula is C8H2Br2F5NO3. The van der Waals surface area contributed by atoms with Crippen molar-refractivity contribution in [1.82, 2.24) is 0 Å². The molecule has 19 heavy (non-hydrogen) atoms. The Bertz CT molecular complexity index is 526. The average molecular weight is 415 g/mol. The predicted molar refractivity (Wildman–Crippen MR) is 60.2 cm³/mol. The van der Waals surface area contributed by atoms with E-state index in [2.05, 4.69) is 36.6 Å². The highest BCUT2D eigenvalue weighted by atomic mass is 79.9. The van der Waals surface area contributed by atoms with Crippen LogP contribution in [0.3, 0.4) is 0 Å². The Morgan fingerprint density at radius 1 is 1.26 bits per heavy atom. The van der Waals surface area contributed by atoms with Crippen LogP contribution in [0.1, 0.15) is 0 Å². The molecule has 0 aromatic heterocycles. The normalized spacial score (nSPS) is 11.8. The number of hydrogen-bond acceptors (Lipinski definition) is 3. The maximum absolute atomic E-state index is 13.3. The number of ether oxygens (including phenoxy) is 1. The van der Waals surface area contributed by atoms with Gasteiger partial charge in [0.15, 0.2) is 9.55 Å². The molecule has 1 rings (SSSR count). The van der Waals surface area contributed by atoms with E-state index in [0.29, 0.717) is 0 Å². The third-order valence-electron chi connectivity index (χ3n) is 1.79. The van der Waals surface area contributed by atoms with Crippen molar-refractivity contribution in [3.63, 3.8) is 0 Å². The minimum absolute atomic E-state index is 0.0543. The summed E-state index contributed by atoms with van der Waals surface area (Å²) < 4.78 is 67.7. The van der Waals surface area contributed by atoms with Crippen molar-refractivity contribution < 1.29 is 31.6 Å². The molecule has 0 saturated heterocycles. The van der Waals surface area contributed by atoms with Crippen molar-refractivity contribution in [2.24, 2.45) is 0 Å². The quantitative estimate of drug-likeness (QED) is 0.245. The first-order chi connectivity index (χ1) is 8.58. The van der Waals surface area contributed by atoms with Crippen molar-refractivity contribution in [3.8, 4) is 5.75 Å². The van der Waals surface area contributed by atoms with Gasteiger partial charge in [-0.05, 0) is 0 Å². The highest BCUT2D eigenvalue weighted by Crippen LogP contribution is 2.37. The lowest BCUT2D eigenvalue weighted by Crippen LogP contribution is -2.32. The van der Waals surface area contributed by atoms with Gasteiger partial charge in [-0.25, -0.2) is 4.39 Å². The number of alkyl halides is 4. The molecule has 0 heterocycles. The van der Waals surface area contributed by atoms with E-state index < -0.39 is 43.7 Å². The molecule has 0 amide bonds. The molecule has 11 heteroatoms. The van der Waals surface area contributed by atoms with Crippen LogP contribution in [0.5, 0.6) is 5.75 Å². The summed E-state index contributed by atoms with van der Waals surface area (Å²) in [6, 6.07) is -0.0543. The van der Waals surface area contributed by atoms with E-state index in [1.54, 1.807) is 0 Å². The van der Waals surface area contributed by atoms with Crippen LogP contribution < -0.4 is 4.74 Å². The molecule has 0 saturated carbocycles. The molecule has 106 valence electrons. The number of rotatable bonds is 4. The van der Waals surface area contributed by atoms with Crippen LogP contribution in [0, 0.1) is 27.6 Å². The molecule has 0 N–H and O–H groups in total. The first kappa shape index (κ1) is 16.1. The zero-order valence-electron chi connectivity index (χ0n) is 8.47. The molecule has 0 atom stereocenters. The SMILES string of the molecule is O=[N+]([O-])c1cc(F)c(OC(F)(F)C(Br)Br)c(F)c1F. The van der Waals surface area contributed by atoms with Crippen LogP contribution in [0.4, 0.5) is 27.6 Å². The fourth-order valence-corrected chi connectivity index (χ4v) is 1.16. The van der Waals surface area contributed by atoms with Gasteiger partial charge in [-0.3, -0.25) is 10.1 Å². The van der Waals surface area contributed by atoms with E-state index in [9.17, 15) is 32.1 Å². The Kier molecular flexibility index (Phi) is 4.72. The summed E-state index contributed by atoms with van der Waals surface area (Å²) in [5.41, 5.74) is -1.53. The predicted octanol–water partition coefficient (Wildman–Crippen LogP) is 4.10. The zero-order valence-corrected chi connectivity index (χ0v) is 11.6. The number of nitro groups is 1. The first-order valence-corrected chi connectivity index (χ1v) is 6.08. The van der Waals surface area contributed by atoms with E-state index >= 15 is 0 Å². The van der Waals surface area contributed by atoms with E-state index in [-0.39, 0.29) is 6.07 Å². The van der Waals surface area contributed by atoms with Crippen molar-refractivity contribution in [2.45, 2.75) is 9.85 Å². The van der Waals surface area contributed by atoms with Crippen LogP contribution in [-0.2, 0) is 0 Å². The fourth-order valence-electron chi connectivity index (χ4n) is 0.973. The van der Waals surface area contributed by atoms with E-state index in [0.717, 1.165) is 0 Å². The van der Waals surface area contributed by atoms with Gasteiger partial charge >= 0.3 is 11.8 Å². The highest BCUT2D eigenvalue weighted by Gasteiger charge is 2.42. The Balaban J connectivity index is 3.32. The van der Waals surface area contributed by atoms with Crippen LogP contribution >= 0.6 is 31.9 Å². The van der Waals surface area contributed by atoms with Crippen LogP contribution in [0.15, 0.2) is 6.07 Å². The summed E-state index contributed by atoms with van der Waals surface area (Å²) in [5.74, 6) is -7.90. The number of nitrogens with zero attached hydrogens (tertiary/aromatic N) is 1. The summed E-state index contributed by atoms with van der Waals surface area (Å²) >= 11 is 4.71. The first-order valence-electron chi connectivity index (χ1n) is 4.24. The summed E-state index contributed by atoms with van der Waals surface area (Å²) in [4.78, 5) is 8.86. The molecule has 0 aliphatic heterocycles. The summed E-state index contributed by atoms with van der Waals surface area (Å²) in [6.45, 7) is 0. The standard InChI is InChI=1S/C8H2Br2F5NO3/c9-7(10)8(14,15)19-6-2(11)1-3(16(17)18)4(12)5(6)13/h1,7H. The molecule has 1 aromatic carbocycles. The van der Waals surface area contributed by atoms with Gasteiger partial charge < -0.3 is 4.74 Å². The smallest absolute Gasteiger partial charge is 0.420 e. The zero-order chi connectivity index (χ0) is 15.0. The van der Waals surface area contributed by atoms with Crippen molar-refractivity contribution in [1.29, 1.82) is 0 Å².